The molecule has 0 saturated heterocycles. The molecule has 18 heavy (non-hydrogen) atoms. The van der Waals surface area contributed by atoms with E-state index in [1.807, 2.05) is 19.3 Å². The molecule has 0 atom stereocenters. The normalized spacial score (nSPS) is 10.8. The zero-order valence-corrected chi connectivity index (χ0v) is 10.2. The van der Waals surface area contributed by atoms with Crippen molar-refractivity contribution in [3.63, 3.8) is 0 Å². The van der Waals surface area contributed by atoms with Crippen LogP contribution in [0.2, 0.25) is 0 Å². The van der Waals surface area contributed by atoms with Gasteiger partial charge in [0.1, 0.15) is 11.6 Å². The molecule has 0 radical (unpaired) electrons. The van der Waals surface area contributed by atoms with Crippen LogP contribution in [-0.2, 0) is 20.0 Å². The molecule has 2 aromatic rings. The molecular formula is C13H15F2N3. The van der Waals surface area contributed by atoms with Crippen LogP contribution in [0.4, 0.5) is 8.78 Å². The fourth-order valence-electron chi connectivity index (χ4n) is 1.70. The molecule has 1 N–H and O–H groups in total. The Bertz CT molecular complexity index is 523. The molecule has 0 unspecified atom stereocenters. The number of halogens is 2. The van der Waals surface area contributed by atoms with Gasteiger partial charge >= 0.3 is 0 Å². The van der Waals surface area contributed by atoms with Gasteiger partial charge in [-0.3, -0.25) is 4.68 Å². The molecule has 0 saturated carbocycles. The van der Waals surface area contributed by atoms with Gasteiger partial charge in [-0.25, -0.2) is 8.78 Å². The van der Waals surface area contributed by atoms with Crippen LogP contribution in [0.25, 0.3) is 0 Å². The van der Waals surface area contributed by atoms with Crippen LogP contribution >= 0.6 is 0 Å². The monoisotopic (exact) mass is 251 g/mol. The largest absolute Gasteiger partial charge is 0.312 e. The first kappa shape index (κ1) is 12.7. The van der Waals surface area contributed by atoms with Crippen molar-refractivity contribution in [3.8, 4) is 0 Å². The van der Waals surface area contributed by atoms with Crippen LogP contribution in [0.15, 0.2) is 30.5 Å². The first-order valence-corrected chi connectivity index (χ1v) is 5.78. The molecule has 0 fully saturated rings. The van der Waals surface area contributed by atoms with E-state index in [1.165, 1.54) is 12.1 Å². The Morgan fingerprint density at radius 2 is 2.11 bits per heavy atom. The molecule has 0 aliphatic heterocycles. The first-order chi connectivity index (χ1) is 8.65. The standard InChI is InChI=1S/C13H15F2N3/c1-18-7-5-12(17-18)4-6-16-9-10-2-3-11(14)8-13(10)15/h2-3,5,7-8,16H,4,6,9H2,1H3. The Hall–Kier alpha value is -1.75. The summed E-state index contributed by atoms with van der Waals surface area (Å²) in [6.45, 7) is 1.09. The maximum absolute atomic E-state index is 13.3. The summed E-state index contributed by atoms with van der Waals surface area (Å²) in [6.07, 6.45) is 2.67. The lowest BCUT2D eigenvalue weighted by Gasteiger charge is -2.05. The number of aromatic nitrogens is 2. The van der Waals surface area contributed by atoms with E-state index >= 15 is 0 Å². The third-order valence-electron chi connectivity index (χ3n) is 2.66. The highest BCUT2D eigenvalue weighted by atomic mass is 19.1. The molecule has 1 aromatic heterocycles. The van der Waals surface area contributed by atoms with Crippen LogP contribution < -0.4 is 5.32 Å². The van der Waals surface area contributed by atoms with E-state index < -0.39 is 11.6 Å². The molecule has 0 amide bonds. The molecule has 1 aromatic carbocycles. The molecule has 0 aliphatic rings. The molecule has 0 bridgehead atoms. The van der Waals surface area contributed by atoms with Gasteiger partial charge in [0.2, 0.25) is 0 Å². The van der Waals surface area contributed by atoms with Gasteiger partial charge in [-0.1, -0.05) is 6.07 Å². The van der Waals surface area contributed by atoms with Crippen LogP contribution in [0.5, 0.6) is 0 Å². The minimum atomic E-state index is -0.551. The third kappa shape index (κ3) is 3.37. The van der Waals surface area contributed by atoms with Crippen molar-refractivity contribution < 1.29 is 8.78 Å². The molecule has 2 rings (SSSR count). The molecular weight excluding hydrogens is 236 g/mol. The highest BCUT2D eigenvalue weighted by Crippen LogP contribution is 2.08. The lowest BCUT2D eigenvalue weighted by atomic mass is 10.2. The smallest absolute Gasteiger partial charge is 0.130 e. The van der Waals surface area contributed by atoms with Gasteiger partial charge in [0, 0.05) is 44.4 Å². The summed E-state index contributed by atoms with van der Waals surface area (Å²) in [5.41, 5.74) is 1.46. The summed E-state index contributed by atoms with van der Waals surface area (Å²) in [7, 11) is 1.87. The molecule has 3 nitrogen and oxygen atoms in total. The molecule has 96 valence electrons. The predicted molar refractivity (Wildman–Crippen MR) is 65.0 cm³/mol. The Balaban J connectivity index is 1.78. The minimum Gasteiger partial charge on any atom is -0.312 e. The second kappa shape index (κ2) is 5.73. The zero-order chi connectivity index (χ0) is 13.0. The number of nitrogens with one attached hydrogen (secondary N) is 1. The van der Waals surface area contributed by atoms with E-state index in [0.717, 1.165) is 18.2 Å². The lowest BCUT2D eigenvalue weighted by molar-refractivity contribution is 0.560. The van der Waals surface area contributed by atoms with Crippen molar-refractivity contribution >= 4 is 0 Å². The average Bonchev–Trinajstić information content (AvgIpc) is 2.73. The van der Waals surface area contributed by atoms with E-state index in [9.17, 15) is 8.78 Å². The van der Waals surface area contributed by atoms with Gasteiger partial charge < -0.3 is 5.32 Å². The van der Waals surface area contributed by atoms with Gasteiger partial charge in [-0.15, -0.1) is 0 Å². The minimum absolute atomic E-state index is 0.388. The number of hydrogen-bond acceptors (Lipinski definition) is 2. The Labute approximate surface area is 104 Å². The fraction of sp³-hybridized carbons (Fsp3) is 0.308. The summed E-state index contributed by atoms with van der Waals surface area (Å²) in [4.78, 5) is 0. The Kier molecular flexibility index (Phi) is 4.04. The Morgan fingerprint density at radius 3 is 2.78 bits per heavy atom. The second-order valence-corrected chi connectivity index (χ2v) is 4.14. The fourth-order valence-corrected chi connectivity index (χ4v) is 1.70. The van der Waals surface area contributed by atoms with Crippen LogP contribution in [0.3, 0.4) is 0 Å². The number of aryl methyl sites for hydroxylation is 1. The van der Waals surface area contributed by atoms with E-state index in [1.54, 1.807) is 4.68 Å². The zero-order valence-electron chi connectivity index (χ0n) is 10.2. The number of nitrogens with zero attached hydrogens (tertiary/aromatic N) is 2. The first-order valence-electron chi connectivity index (χ1n) is 5.78. The van der Waals surface area contributed by atoms with Crippen molar-refractivity contribution in [1.82, 2.24) is 15.1 Å². The van der Waals surface area contributed by atoms with Gasteiger partial charge in [-0.2, -0.15) is 5.10 Å². The summed E-state index contributed by atoms with van der Waals surface area (Å²) in [5.74, 6) is -1.06. The highest BCUT2D eigenvalue weighted by molar-refractivity contribution is 5.18. The lowest BCUT2D eigenvalue weighted by Crippen LogP contribution is -2.17. The number of benzene rings is 1. The van der Waals surface area contributed by atoms with Crippen LogP contribution in [0, 0.1) is 11.6 Å². The molecule has 0 aliphatic carbocycles. The van der Waals surface area contributed by atoms with Gasteiger partial charge in [0.15, 0.2) is 0 Å². The van der Waals surface area contributed by atoms with Crippen LogP contribution in [-0.4, -0.2) is 16.3 Å². The quantitative estimate of drug-likeness (QED) is 0.824. The SMILES string of the molecule is Cn1ccc(CCNCc2ccc(F)cc2F)n1. The van der Waals surface area contributed by atoms with Crippen LogP contribution in [0.1, 0.15) is 11.3 Å². The van der Waals surface area contributed by atoms with Crippen molar-refractivity contribution in [2.24, 2.45) is 7.05 Å². The molecule has 0 spiro atoms. The van der Waals surface area contributed by atoms with Crippen molar-refractivity contribution in [1.29, 1.82) is 0 Å². The predicted octanol–water partition coefficient (Wildman–Crippen LogP) is 2.03. The van der Waals surface area contributed by atoms with Crippen molar-refractivity contribution in [3.05, 3.63) is 53.4 Å². The Morgan fingerprint density at radius 1 is 1.28 bits per heavy atom. The van der Waals surface area contributed by atoms with Gasteiger partial charge in [-0.05, 0) is 12.1 Å². The second-order valence-electron chi connectivity index (χ2n) is 4.14. The molecule has 1 heterocycles. The van der Waals surface area contributed by atoms with E-state index in [2.05, 4.69) is 10.4 Å². The highest BCUT2D eigenvalue weighted by Gasteiger charge is 2.03. The third-order valence-corrected chi connectivity index (χ3v) is 2.66. The topological polar surface area (TPSA) is 29.9 Å². The summed E-state index contributed by atoms with van der Waals surface area (Å²) >= 11 is 0. The van der Waals surface area contributed by atoms with Crippen molar-refractivity contribution in [2.45, 2.75) is 13.0 Å². The van der Waals surface area contributed by atoms with Gasteiger partial charge in [0.25, 0.3) is 0 Å². The number of hydrogen-bond donors (Lipinski definition) is 1. The summed E-state index contributed by atoms with van der Waals surface area (Å²) in [6, 6.07) is 5.56. The van der Waals surface area contributed by atoms with Crippen molar-refractivity contribution in [2.75, 3.05) is 6.54 Å². The summed E-state index contributed by atoms with van der Waals surface area (Å²) < 4.78 is 27.7. The van der Waals surface area contributed by atoms with Gasteiger partial charge in [0.05, 0.1) is 5.69 Å². The average molecular weight is 251 g/mol. The maximum atomic E-state index is 13.3. The number of rotatable bonds is 5. The molecule has 5 heteroatoms. The summed E-state index contributed by atoms with van der Waals surface area (Å²) in [5, 5.41) is 7.35. The van der Waals surface area contributed by atoms with E-state index in [-0.39, 0.29) is 0 Å². The van der Waals surface area contributed by atoms with E-state index in [4.69, 9.17) is 0 Å². The van der Waals surface area contributed by atoms with E-state index in [0.29, 0.717) is 18.7 Å². The maximum Gasteiger partial charge on any atom is 0.130 e.